The van der Waals surface area contributed by atoms with Crippen molar-refractivity contribution in [1.29, 1.82) is 0 Å². The first kappa shape index (κ1) is 13.5. The molecule has 0 aromatic heterocycles. The van der Waals surface area contributed by atoms with E-state index in [-0.39, 0.29) is 5.38 Å². The molecule has 0 amide bonds. The molecule has 0 aliphatic carbocycles. The maximum absolute atomic E-state index is 11.5. The molecule has 0 aliphatic heterocycles. The summed E-state index contributed by atoms with van der Waals surface area (Å²) in [6.07, 6.45) is 1.68. The van der Waals surface area contributed by atoms with Crippen LogP contribution < -0.4 is 0 Å². The molecule has 3 nitrogen and oxygen atoms in total. The molecule has 0 saturated carbocycles. The summed E-state index contributed by atoms with van der Waals surface area (Å²) in [6, 6.07) is 6.89. The van der Waals surface area contributed by atoms with Gasteiger partial charge < -0.3 is 4.74 Å². The van der Waals surface area contributed by atoms with E-state index in [0.29, 0.717) is 17.9 Å². The maximum atomic E-state index is 11.5. The Morgan fingerprint density at radius 1 is 1.38 bits per heavy atom. The van der Waals surface area contributed by atoms with E-state index in [4.69, 9.17) is 16.3 Å². The van der Waals surface area contributed by atoms with Gasteiger partial charge in [-0.15, -0.1) is 11.6 Å². The first-order chi connectivity index (χ1) is 7.45. The molecule has 0 fully saturated rings. The van der Waals surface area contributed by atoms with E-state index in [1.165, 1.54) is 6.26 Å². The van der Waals surface area contributed by atoms with Crippen LogP contribution in [0.15, 0.2) is 29.2 Å². The zero-order valence-electron chi connectivity index (χ0n) is 9.31. The van der Waals surface area contributed by atoms with Crippen molar-refractivity contribution < 1.29 is 13.2 Å². The number of halogens is 1. The molecule has 0 aliphatic rings. The van der Waals surface area contributed by atoms with Crippen LogP contribution >= 0.6 is 11.6 Å². The highest BCUT2D eigenvalue weighted by Gasteiger charge is 2.15. The molecule has 16 heavy (non-hydrogen) atoms. The Morgan fingerprint density at radius 2 is 2.00 bits per heavy atom. The molecule has 1 rings (SSSR count). The lowest BCUT2D eigenvalue weighted by atomic mass is 10.1. The molecule has 0 heterocycles. The standard InChI is InChI=1S/C11H15ClO3S/c1-15-8-10(12)7-9-5-3-4-6-11(9)16(2,13)14/h3-6,10H,7-8H2,1-2H3. The molecule has 0 saturated heterocycles. The van der Waals surface area contributed by atoms with Crippen molar-refractivity contribution in [3.05, 3.63) is 29.8 Å². The summed E-state index contributed by atoms with van der Waals surface area (Å²) in [5.74, 6) is 0. The van der Waals surface area contributed by atoms with E-state index in [0.717, 1.165) is 5.56 Å². The first-order valence-electron chi connectivity index (χ1n) is 4.86. The summed E-state index contributed by atoms with van der Waals surface area (Å²) in [5.41, 5.74) is 0.738. The summed E-state index contributed by atoms with van der Waals surface area (Å²) < 4.78 is 28.0. The Hall–Kier alpha value is -0.580. The third-order valence-electron chi connectivity index (χ3n) is 2.16. The van der Waals surface area contributed by atoms with Crippen molar-refractivity contribution in [3.8, 4) is 0 Å². The maximum Gasteiger partial charge on any atom is 0.175 e. The van der Waals surface area contributed by atoms with E-state index >= 15 is 0 Å². The van der Waals surface area contributed by atoms with E-state index in [2.05, 4.69) is 0 Å². The largest absolute Gasteiger partial charge is 0.383 e. The van der Waals surface area contributed by atoms with E-state index in [1.54, 1.807) is 31.4 Å². The lowest BCUT2D eigenvalue weighted by molar-refractivity contribution is 0.197. The minimum Gasteiger partial charge on any atom is -0.383 e. The van der Waals surface area contributed by atoms with E-state index in [1.807, 2.05) is 0 Å². The van der Waals surface area contributed by atoms with Gasteiger partial charge in [-0.1, -0.05) is 18.2 Å². The Balaban J connectivity index is 2.96. The van der Waals surface area contributed by atoms with Crippen molar-refractivity contribution in [3.63, 3.8) is 0 Å². The lowest BCUT2D eigenvalue weighted by Crippen LogP contribution is -2.13. The molecule has 1 unspecified atom stereocenters. The summed E-state index contributed by atoms with van der Waals surface area (Å²) in [5, 5.41) is -0.215. The normalized spacial score (nSPS) is 13.7. The molecular weight excluding hydrogens is 248 g/mol. The second kappa shape index (κ2) is 5.66. The second-order valence-electron chi connectivity index (χ2n) is 3.64. The fourth-order valence-corrected chi connectivity index (χ4v) is 2.76. The first-order valence-corrected chi connectivity index (χ1v) is 7.19. The minimum atomic E-state index is -3.19. The van der Waals surface area contributed by atoms with Crippen molar-refractivity contribution in [2.45, 2.75) is 16.7 Å². The molecule has 0 N–H and O–H groups in total. The number of methoxy groups -OCH3 is 1. The molecule has 1 aromatic carbocycles. The van der Waals surface area contributed by atoms with Crippen LogP contribution in [0.3, 0.4) is 0 Å². The number of hydrogen-bond donors (Lipinski definition) is 0. The van der Waals surface area contributed by atoms with Crippen molar-refractivity contribution in [1.82, 2.24) is 0 Å². The number of benzene rings is 1. The van der Waals surface area contributed by atoms with Crippen LogP contribution in [0.1, 0.15) is 5.56 Å². The predicted molar refractivity (Wildman–Crippen MR) is 64.8 cm³/mol. The Bertz CT molecular complexity index is 442. The van der Waals surface area contributed by atoms with Gasteiger partial charge in [0.05, 0.1) is 16.9 Å². The molecule has 0 radical (unpaired) electrons. The van der Waals surface area contributed by atoms with Gasteiger partial charge in [-0.3, -0.25) is 0 Å². The molecule has 5 heteroatoms. The van der Waals surface area contributed by atoms with Gasteiger partial charge >= 0.3 is 0 Å². The number of alkyl halides is 1. The Labute approximate surface area is 101 Å². The van der Waals surface area contributed by atoms with E-state index < -0.39 is 9.84 Å². The van der Waals surface area contributed by atoms with Crippen LogP contribution in [-0.2, 0) is 21.0 Å². The van der Waals surface area contributed by atoms with Crippen LogP contribution in [0.4, 0.5) is 0 Å². The van der Waals surface area contributed by atoms with Crippen molar-refractivity contribution in [2.75, 3.05) is 20.0 Å². The van der Waals surface area contributed by atoms with Crippen LogP contribution in [0.2, 0.25) is 0 Å². The summed E-state index contributed by atoms with van der Waals surface area (Å²) in [6.45, 7) is 0.402. The average Bonchev–Trinajstić information content (AvgIpc) is 2.17. The number of hydrogen-bond acceptors (Lipinski definition) is 3. The van der Waals surface area contributed by atoms with Gasteiger partial charge in [0.1, 0.15) is 0 Å². The minimum absolute atomic E-state index is 0.215. The van der Waals surface area contributed by atoms with Gasteiger partial charge in [-0.25, -0.2) is 8.42 Å². The zero-order valence-corrected chi connectivity index (χ0v) is 10.9. The Kier molecular flexibility index (Phi) is 4.77. The zero-order chi connectivity index (χ0) is 12.2. The predicted octanol–water partition coefficient (Wildman–Crippen LogP) is 1.89. The highest BCUT2D eigenvalue weighted by atomic mass is 35.5. The average molecular weight is 263 g/mol. The fourth-order valence-electron chi connectivity index (χ4n) is 1.51. The van der Waals surface area contributed by atoms with Crippen molar-refractivity contribution in [2.24, 2.45) is 0 Å². The van der Waals surface area contributed by atoms with Crippen LogP contribution in [0.25, 0.3) is 0 Å². The van der Waals surface area contributed by atoms with Gasteiger partial charge in [0.2, 0.25) is 0 Å². The highest BCUT2D eigenvalue weighted by Crippen LogP contribution is 2.18. The smallest absolute Gasteiger partial charge is 0.175 e. The topological polar surface area (TPSA) is 43.4 Å². The molecule has 0 bridgehead atoms. The summed E-state index contributed by atoms with van der Waals surface area (Å²) >= 11 is 6.02. The van der Waals surface area contributed by atoms with Gasteiger partial charge in [-0.2, -0.15) is 0 Å². The highest BCUT2D eigenvalue weighted by molar-refractivity contribution is 7.90. The lowest BCUT2D eigenvalue weighted by Gasteiger charge is -2.11. The molecule has 0 spiro atoms. The monoisotopic (exact) mass is 262 g/mol. The number of sulfone groups is 1. The quantitative estimate of drug-likeness (QED) is 0.761. The molecule has 1 aromatic rings. The number of rotatable bonds is 5. The van der Waals surface area contributed by atoms with Crippen LogP contribution in [0.5, 0.6) is 0 Å². The molecule has 90 valence electrons. The summed E-state index contributed by atoms with van der Waals surface area (Å²) in [4.78, 5) is 0.344. The fraction of sp³-hybridized carbons (Fsp3) is 0.455. The van der Waals surface area contributed by atoms with E-state index in [9.17, 15) is 8.42 Å². The van der Waals surface area contributed by atoms with Crippen molar-refractivity contribution >= 4 is 21.4 Å². The molecule has 1 atom stereocenters. The third-order valence-corrected chi connectivity index (χ3v) is 3.64. The third kappa shape index (κ3) is 3.77. The van der Waals surface area contributed by atoms with Gasteiger partial charge in [-0.05, 0) is 18.1 Å². The van der Waals surface area contributed by atoms with Gasteiger partial charge in [0.15, 0.2) is 9.84 Å². The number of ether oxygens (including phenoxy) is 1. The summed E-state index contributed by atoms with van der Waals surface area (Å²) in [7, 11) is -1.63. The molecular formula is C11H15ClO3S. The van der Waals surface area contributed by atoms with Gasteiger partial charge in [0, 0.05) is 13.4 Å². The second-order valence-corrected chi connectivity index (χ2v) is 6.24. The van der Waals surface area contributed by atoms with Crippen LogP contribution in [-0.4, -0.2) is 33.8 Å². The van der Waals surface area contributed by atoms with Gasteiger partial charge in [0.25, 0.3) is 0 Å². The SMILES string of the molecule is COCC(Cl)Cc1ccccc1S(C)(=O)=O. The Morgan fingerprint density at radius 3 is 2.56 bits per heavy atom. The van der Waals surface area contributed by atoms with Crippen LogP contribution in [0, 0.1) is 0 Å².